The molecule has 6 heteroatoms. The predicted molar refractivity (Wildman–Crippen MR) is 81.4 cm³/mol. The van der Waals surface area contributed by atoms with E-state index in [9.17, 15) is 4.39 Å². The number of nitrogens with zero attached hydrogens (tertiary/aromatic N) is 4. The minimum Gasteiger partial charge on any atom is -0.275 e. The fourth-order valence-electron chi connectivity index (χ4n) is 1.97. The lowest BCUT2D eigenvalue weighted by Gasteiger charge is -2.05. The average Bonchev–Trinajstić information content (AvgIpc) is 2.94. The molecule has 0 spiro atoms. The van der Waals surface area contributed by atoms with Gasteiger partial charge in [-0.3, -0.25) is 4.68 Å². The molecule has 4 nitrogen and oxygen atoms in total. The number of thioether (sulfide) groups is 1. The first-order valence-electron chi connectivity index (χ1n) is 6.35. The number of aryl methyl sites for hydroxylation is 1. The van der Waals surface area contributed by atoms with Crippen LogP contribution in [0.5, 0.6) is 0 Å². The molecule has 0 saturated heterocycles. The summed E-state index contributed by atoms with van der Waals surface area (Å²) < 4.78 is 14.8. The highest BCUT2D eigenvalue weighted by molar-refractivity contribution is 7.98. The van der Waals surface area contributed by atoms with E-state index in [0.717, 1.165) is 22.6 Å². The second-order valence-electron chi connectivity index (χ2n) is 4.51. The van der Waals surface area contributed by atoms with Gasteiger partial charge in [-0.15, -0.1) is 0 Å². The highest BCUT2D eigenvalue weighted by Crippen LogP contribution is 2.25. The summed E-state index contributed by atoms with van der Waals surface area (Å²) in [5.74, 6) is -0.261. The maximum atomic E-state index is 13.0. The Bertz CT molecular complexity index is 768. The van der Waals surface area contributed by atoms with Gasteiger partial charge in [0.1, 0.15) is 11.5 Å². The summed E-state index contributed by atoms with van der Waals surface area (Å²) >= 11 is 1.47. The normalized spacial score (nSPS) is 10.8. The zero-order valence-corrected chi connectivity index (χ0v) is 12.4. The zero-order chi connectivity index (χ0) is 14.8. The van der Waals surface area contributed by atoms with Gasteiger partial charge in [-0.25, -0.2) is 14.4 Å². The molecule has 0 radical (unpaired) electrons. The summed E-state index contributed by atoms with van der Waals surface area (Å²) in [7, 11) is 1.86. The zero-order valence-electron chi connectivity index (χ0n) is 11.6. The molecule has 0 fully saturated rings. The Kier molecular flexibility index (Phi) is 3.70. The Labute approximate surface area is 126 Å². The third kappa shape index (κ3) is 2.95. The van der Waals surface area contributed by atoms with E-state index in [4.69, 9.17) is 0 Å². The van der Waals surface area contributed by atoms with Crippen molar-refractivity contribution in [1.82, 2.24) is 19.7 Å². The molecule has 2 aromatic heterocycles. The average molecular weight is 300 g/mol. The van der Waals surface area contributed by atoms with Gasteiger partial charge in [-0.2, -0.15) is 5.10 Å². The lowest BCUT2D eigenvalue weighted by molar-refractivity contribution is 0.628. The SMILES string of the molecule is CSc1nc(-c2ccc(F)cc2)cc(-c2ccn(C)n2)n1. The van der Waals surface area contributed by atoms with Crippen LogP contribution in [0.15, 0.2) is 47.8 Å². The first-order valence-corrected chi connectivity index (χ1v) is 7.57. The van der Waals surface area contributed by atoms with Gasteiger partial charge >= 0.3 is 0 Å². The molecule has 1 aromatic carbocycles. The summed E-state index contributed by atoms with van der Waals surface area (Å²) in [5.41, 5.74) is 3.16. The molecular weight excluding hydrogens is 287 g/mol. The highest BCUT2D eigenvalue weighted by Gasteiger charge is 2.10. The van der Waals surface area contributed by atoms with Gasteiger partial charge in [0, 0.05) is 18.8 Å². The van der Waals surface area contributed by atoms with Crippen molar-refractivity contribution in [3.8, 4) is 22.6 Å². The summed E-state index contributed by atoms with van der Waals surface area (Å²) in [4.78, 5) is 8.96. The van der Waals surface area contributed by atoms with Crippen molar-refractivity contribution in [2.75, 3.05) is 6.26 Å². The smallest absolute Gasteiger partial charge is 0.188 e. The molecule has 106 valence electrons. The van der Waals surface area contributed by atoms with Gasteiger partial charge in [-0.05, 0) is 42.7 Å². The molecule has 0 unspecified atom stereocenters. The number of hydrogen-bond donors (Lipinski definition) is 0. The van der Waals surface area contributed by atoms with E-state index in [2.05, 4.69) is 15.1 Å². The topological polar surface area (TPSA) is 43.6 Å². The van der Waals surface area contributed by atoms with Crippen LogP contribution in [0.25, 0.3) is 22.6 Å². The number of aromatic nitrogens is 4. The Morgan fingerprint density at radius 2 is 1.71 bits per heavy atom. The lowest BCUT2D eigenvalue weighted by atomic mass is 10.1. The molecule has 0 saturated carbocycles. The van der Waals surface area contributed by atoms with Crippen molar-refractivity contribution < 1.29 is 4.39 Å². The van der Waals surface area contributed by atoms with Crippen LogP contribution in [-0.2, 0) is 7.05 Å². The molecule has 0 N–H and O–H groups in total. The van der Waals surface area contributed by atoms with Gasteiger partial charge in [0.05, 0.1) is 11.4 Å². The number of halogens is 1. The molecule has 0 bridgehead atoms. The Balaban J connectivity index is 2.10. The molecule has 0 aliphatic heterocycles. The molecule has 0 aliphatic carbocycles. The first-order chi connectivity index (χ1) is 10.2. The Morgan fingerprint density at radius 1 is 1.00 bits per heavy atom. The van der Waals surface area contributed by atoms with E-state index in [-0.39, 0.29) is 5.82 Å². The van der Waals surface area contributed by atoms with Gasteiger partial charge in [0.25, 0.3) is 0 Å². The van der Waals surface area contributed by atoms with E-state index in [1.165, 1.54) is 23.9 Å². The summed E-state index contributed by atoms with van der Waals surface area (Å²) in [6, 6.07) is 10.1. The molecule has 3 aromatic rings. The highest BCUT2D eigenvalue weighted by atomic mass is 32.2. The van der Waals surface area contributed by atoms with Gasteiger partial charge < -0.3 is 0 Å². The van der Waals surface area contributed by atoms with Crippen molar-refractivity contribution in [2.45, 2.75) is 5.16 Å². The van der Waals surface area contributed by atoms with E-state index >= 15 is 0 Å². The molecular formula is C15H13FN4S. The molecule has 3 rings (SSSR count). The second-order valence-corrected chi connectivity index (χ2v) is 5.28. The van der Waals surface area contributed by atoms with Gasteiger partial charge in [-0.1, -0.05) is 11.8 Å². The van der Waals surface area contributed by atoms with E-state index in [0.29, 0.717) is 5.16 Å². The van der Waals surface area contributed by atoms with Crippen molar-refractivity contribution in [3.63, 3.8) is 0 Å². The van der Waals surface area contributed by atoms with Crippen LogP contribution in [0, 0.1) is 5.82 Å². The maximum absolute atomic E-state index is 13.0. The van der Waals surface area contributed by atoms with E-state index in [1.54, 1.807) is 16.8 Å². The molecule has 21 heavy (non-hydrogen) atoms. The predicted octanol–water partition coefficient (Wildman–Crippen LogP) is 3.41. The summed E-state index contributed by atoms with van der Waals surface area (Å²) in [6.45, 7) is 0. The van der Waals surface area contributed by atoms with Crippen LogP contribution in [-0.4, -0.2) is 26.0 Å². The van der Waals surface area contributed by atoms with Crippen LogP contribution < -0.4 is 0 Å². The maximum Gasteiger partial charge on any atom is 0.188 e. The van der Waals surface area contributed by atoms with E-state index in [1.807, 2.05) is 31.6 Å². The lowest BCUT2D eigenvalue weighted by Crippen LogP contribution is -1.95. The minimum atomic E-state index is -0.261. The van der Waals surface area contributed by atoms with Crippen LogP contribution in [0.2, 0.25) is 0 Å². The molecule has 2 heterocycles. The van der Waals surface area contributed by atoms with E-state index < -0.39 is 0 Å². The Hall–Kier alpha value is -2.21. The summed E-state index contributed by atoms with van der Waals surface area (Å²) in [5, 5.41) is 5.03. The molecule has 0 aliphatic rings. The van der Waals surface area contributed by atoms with Crippen molar-refractivity contribution >= 4 is 11.8 Å². The first kappa shape index (κ1) is 13.8. The number of benzene rings is 1. The van der Waals surface area contributed by atoms with Crippen LogP contribution >= 0.6 is 11.8 Å². The third-order valence-electron chi connectivity index (χ3n) is 3.00. The standard InChI is InChI=1S/C15H13FN4S/c1-20-8-7-12(19-20)14-9-13(17-15(18-14)21-2)10-3-5-11(16)6-4-10/h3-9H,1-2H3. The van der Waals surface area contributed by atoms with Gasteiger partial charge in [0.2, 0.25) is 0 Å². The van der Waals surface area contributed by atoms with Crippen LogP contribution in [0.1, 0.15) is 0 Å². The monoisotopic (exact) mass is 300 g/mol. The van der Waals surface area contributed by atoms with Crippen LogP contribution in [0.3, 0.4) is 0 Å². The quantitative estimate of drug-likeness (QED) is 0.549. The fraction of sp³-hybridized carbons (Fsp3) is 0.133. The largest absolute Gasteiger partial charge is 0.275 e. The third-order valence-corrected chi connectivity index (χ3v) is 3.55. The minimum absolute atomic E-state index is 0.261. The van der Waals surface area contributed by atoms with Crippen molar-refractivity contribution in [1.29, 1.82) is 0 Å². The van der Waals surface area contributed by atoms with Crippen molar-refractivity contribution in [2.24, 2.45) is 7.05 Å². The number of hydrogen-bond acceptors (Lipinski definition) is 4. The second kappa shape index (κ2) is 5.65. The number of rotatable bonds is 3. The Morgan fingerprint density at radius 3 is 2.33 bits per heavy atom. The van der Waals surface area contributed by atoms with Crippen molar-refractivity contribution in [3.05, 3.63) is 48.4 Å². The summed E-state index contributed by atoms with van der Waals surface area (Å²) in [6.07, 6.45) is 3.79. The molecule has 0 amide bonds. The van der Waals surface area contributed by atoms with Gasteiger partial charge in [0.15, 0.2) is 5.16 Å². The fourth-order valence-corrected chi connectivity index (χ4v) is 2.35. The molecule has 0 atom stereocenters. The van der Waals surface area contributed by atoms with Crippen LogP contribution in [0.4, 0.5) is 4.39 Å².